The van der Waals surface area contributed by atoms with E-state index in [1.807, 2.05) is 13.0 Å². The number of hydrogen-bond acceptors (Lipinski definition) is 0. The molecule has 0 aromatic heterocycles. The lowest BCUT2D eigenvalue weighted by atomic mass is 10.1. The molecule has 0 amide bonds. The molecule has 1 aromatic carbocycles. The number of rotatable bonds is 1. The molecule has 58 valence electrons. The summed E-state index contributed by atoms with van der Waals surface area (Å²) >= 11 is 0. The van der Waals surface area contributed by atoms with Crippen LogP contribution in [0.15, 0.2) is 24.8 Å². The Morgan fingerprint density at radius 1 is 1.45 bits per heavy atom. The van der Waals surface area contributed by atoms with Gasteiger partial charge in [0.1, 0.15) is 5.82 Å². The van der Waals surface area contributed by atoms with Gasteiger partial charge in [-0.1, -0.05) is 18.7 Å². The molecule has 1 heteroatoms. The highest BCUT2D eigenvalue weighted by molar-refractivity contribution is 5.61. The molecule has 0 saturated heterocycles. The fourth-order valence-corrected chi connectivity index (χ4v) is 0.966. The monoisotopic (exact) mass is 150 g/mol. The van der Waals surface area contributed by atoms with Crippen molar-refractivity contribution in [3.05, 3.63) is 41.7 Å². The third-order valence-corrected chi connectivity index (χ3v) is 1.58. The summed E-state index contributed by atoms with van der Waals surface area (Å²) in [5, 5.41) is 0. The van der Waals surface area contributed by atoms with E-state index in [0.717, 1.165) is 11.1 Å². The summed E-state index contributed by atoms with van der Waals surface area (Å²) in [5.41, 5.74) is 2.31. The first-order chi connectivity index (χ1) is 5.11. The van der Waals surface area contributed by atoms with Gasteiger partial charge in [-0.3, -0.25) is 0 Å². The summed E-state index contributed by atoms with van der Waals surface area (Å²) in [6.45, 7) is 7.34. The van der Waals surface area contributed by atoms with E-state index in [1.165, 1.54) is 6.07 Å². The van der Waals surface area contributed by atoms with Crippen molar-refractivity contribution in [1.82, 2.24) is 0 Å². The Hall–Kier alpha value is -1.11. The maximum atomic E-state index is 13.0. The number of allylic oxidation sites excluding steroid dienone is 1. The minimum Gasteiger partial charge on any atom is -0.206 e. The summed E-state index contributed by atoms with van der Waals surface area (Å²) in [5.74, 6) is -0.183. The molecule has 1 rings (SSSR count). The van der Waals surface area contributed by atoms with Crippen molar-refractivity contribution in [2.75, 3.05) is 0 Å². The number of aryl methyl sites for hydroxylation is 1. The highest BCUT2D eigenvalue weighted by Crippen LogP contribution is 2.16. The summed E-state index contributed by atoms with van der Waals surface area (Å²) < 4.78 is 13.0. The van der Waals surface area contributed by atoms with Crippen molar-refractivity contribution in [3.8, 4) is 0 Å². The second-order valence-electron chi connectivity index (χ2n) is 2.76. The third kappa shape index (κ3) is 1.67. The smallest absolute Gasteiger partial charge is 0.130 e. The highest BCUT2D eigenvalue weighted by Gasteiger charge is 2.00. The number of hydrogen-bond donors (Lipinski definition) is 0. The Morgan fingerprint density at radius 2 is 2.09 bits per heavy atom. The van der Waals surface area contributed by atoms with Gasteiger partial charge in [-0.15, -0.1) is 0 Å². The van der Waals surface area contributed by atoms with Gasteiger partial charge in [-0.25, -0.2) is 4.39 Å². The minimum atomic E-state index is -0.183. The first kappa shape index (κ1) is 7.99. The highest BCUT2D eigenvalue weighted by atomic mass is 19.1. The molecule has 1 aromatic rings. The fraction of sp³-hybridized carbons (Fsp3) is 0.200. The average Bonchev–Trinajstić information content (AvgIpc) is 1.85. The zero-order valence-electron chi connectivity index (χ0n) is 6.82. The Balaban J connectivity index is 3.20. The summed E-state index contributed by atoms with van der Waals surface area (Å²) in [4.78, 5) is 0. The van der Waals surface area contributed by atoms with Crippen molar-refractivity contribution in [2.24, 2.45) is 0 Å². The van der Waals surface area contributed by atoms with Gasteiger partial charge in [-0.05, 0) is 31.1 Å². The molecule has 0 saturated carbocycles. The van der Waals surface area contributed by atoms with E-state index >= 15 is 0 Å². The van der Waals surface area contributed by atoms with Gasteiger partial charge >= 0.3 is 0 Å². The van der Waals surface area contributed by atoms with Crippen LogP contribution in [0.4, 0.5) is 4.39 Å². The van der Waals surface area contributed by atoms with E-state index in [4.69, 9.17) is 0 Å². The van der Waals surface area contributed by atoms with Gasteiger partial charge in [0, 0.05) is 5.56 Å². The normalized spacial score (nSPS) is 9.73. The zero-order valence-corrected chi connectivity index (χ0v) is 6.82. The maximum Gasteiger partial charge on any atom is 0.130 e. The molecule has 0 bridgehead atoms. The molecular weight excluding hydrogens is 139 g/mol. The van der Waals surface area contributed by atoms with Crippen molar-refractivity contribution in [2.45, 2.75) is 13.8 Å². The second-order valence-corrected chi connectivity index (χ2v) is 2.76. The van der Waals surface area contributed by atoms with Crippen LogP contribution in [0.2, 0.25) is 0 Å². The van der Waals surface area contributed by atoms with Gasteiger partial charge in [0.05, 0.1) is 0 Å². The maximum absolute atomic E-state index is 13.0. The van der Waals surface area contributed by atoms with Crippen molar-refractivity contribution < 1.29 is 4.39 Å². The molecule has 0 radical (unpaired) electrons. The topological polar surface area (TPSA) is 0 Å². The first-order valence-electron chi connectivity index (χ1n) is 3.53. The standard InChI is InChI=1S/C10H11F/c1-7(2)9-5-4-8(3)6-10(9)11/h4-6H,1H2,2-3H3. The Kier molecular flexibility index (Phi) is 2.08. The Labute approximate surface area is 66.4 Å². The quantitative estimate of drug-likeness (QED) is 0.576. The first-order valence-corrected chi connectivity index (χ1v) is 3.53. The van der Waals surface area contributed by atoms with Crippen LogP contribution in [0.1, 0.15) is 18.1 Å². The van der Waals surface area contributed by atoms with Crippen LogP contribution in [-0.4, -0.2) is 0 Å². The van der Waals surface area contributed by atoms with Gasteiger partial charge in [-0.2, -0.15) is 0 Å². The largest absolute Gasteiger partial charge is 0.206 e. The van der Waals surface area contributed by atoms with Crippen LogP contribution in [0.3, 0.4) is 0 Å². The van der Waals surface area contributed by atoms with Crippen molar-refractivity contribution in [1.29, 1.82) is 0 Å². The molecule has 0 unspecified atom stereocenters. The van der Waals surface area contributed by atoms with Crippen LogP contribution < -0.4 is 0 Å². The van der Waals surface area contributed by atoms with Gasteiger partial charge < -0.3 is 0 Å². The summed E-state index contributed by atoms with van der Waals surface area (Å²) in [7, 11) is 0. The predicted molar refractivity (Wildman–Crippen MR) is 45.8 cm³/mol. The van der Waals surface area contributed by atoms with Crippen LogP contribution in [0.5, 0.6) is 0 Å². The van der Waals surface area contributed by atoms with E-state index in [9.17, 15) is 4.39 Å². The predicted octanol–water partition coefficient (Wildman–Crippen LogP) is 3.17. The lowest BCUT2D eigenvalue weighted by Crippen LogP contribution is -1.86. The number of halogens is 1. The SMILES string of the molecule is C=C(C)c1ccc(C)cc1F. The molecule has 0 nitrogen and oxygen atoms in total. The number of benzene rings is 1. The van der Waals surface area contributed by atoms with Crippen LogP contribution in [0.25, 0.3) is 5.57 Å². The van der Waals surface area contributed by atoms with E-state index in [-0.39, 0.29) is 5.82 Å². The third-order valence-electron chi connectivity index (χ3n) is 1.58. The van der Waals surface area contributed by atoms with Crippen molar-refractivity contribution >= 4 is 5.57 Å². The van der Waals surface area contributed by atoms with E-state index in [2.05, 4.69) is 6.58 Å². The second kappa shape index (κ2) is 2.87. The minimum absolute atomic E-state index is 0.183. The molecule has 11 heavy (non-hydrogen) atoms. The molecule has 0 aliphatic carbocycles. The molecule has 0 atom stereocenters. The lowest BCUT2D eigenvalue weighted by Gasteiger charge is -2.01. The zero-order chi connectivity index (χ0) is 8.43. The van der Waals surface area contributed by atoms with E-state index in [1.54, 1.807) is 13.0 Å². The molecule has 0 spiro atoms. The van der Waals surface area contributed by atoms with E-state index < -0.39 is 0 Å². The molecule has 0 N–H and O–H groups in total. The summed E-state index contributed by atoms with van der Waals surface area (Å²) in [6, 6.07) is 5.16. The van der Waals surface area contributed by atoms with E-state index in [0.29, 0.717) is 5.56 Å². The Bertz CT molecular complexity index is 287. The average molecular weight is 150 g/mol. The fourth-order valence-electron chi connectivity index (χ4n) is 0.966. The molecule has 0 heterocycles. The molecule has 0 aliphatic rings. The summed E-state index contributed by atoms with van der Waals surface area (Å²) in [6.07, 6.45) is 0. The molecular formula is C10H11F. The van der Waals surface area contributed by atoms with Crippen molar-refractivity contribution in [3.63, 3.8) is 0 Å². The van der Waals surface area contributed by atoms with Gasteiger partial charge in [0.15, 0.2) is 0 Å². The molecule has 0 aliphatic heterocycles. The molecule has 0 fully saturated rings. The van der Waals surface area contributed by atoms with Gasteiger partial charge in [0.2, 0.25) is 0 Å². The van der Waals surface area contributed by atoms with Gasteiger partial charge in [0.25, 0.3) is 0 Å². The van der Waals surface area contributed by atoms with Crippen LogP contribution >= 0.6 is 0 Å². The Morgan fingerprint density at radius 3 is 2.55 bits per heavy atom. The van der Waals surface area contributed by atoms with Crippen LogP contribution in [0, 0.1) is 12.7 Å². The van der Waals surface area contributed by atoms with Crippen LogP contribution in [-0.2, 0) is 0 Å². The lowest BCUT2D eigenvalue weighted by molar-refractivity contribution is 0.623.